The van der Waals surface area contributed by atoms with Crippen molar-refractivity contribution in [3.8, 4) is 0 Å². The summed E-state index contributed by atoms with van der Waals surface area (Å²) in [4.78, 5) is 2.83. The van der Waals surface area contributed by atoms with Crippen molar-refractivity contribution in [1.82, 2.24) is 4.98 Å². The van der Waals surface area contributed by atoms with Crippen molar-refractivity contribution in [3.63, 3.8) is 0 Å². The van der Waals surface area contributed by atoms with E-state index in [0.717, 1.165) is 0 Å². The van der Waals surface area contributed by atoms with Crippen LogP contribution in [0.2, 0.25) is 0 Å². The maximum Gasteiger partial charge on any atom is 0.172 e. The highest BCUT2D eigenvalue weighted by Gasteiger charge is 2.09. The molecule has 1 aromatic carbocycles. The molecule has 0 bridgehead atoms. The lowest BCUT2D eigenvalue weighted by Crippen LogP contribution is -2.13. The predicted octanol–water partition coefficient (Wildman–Crippen LogP) is 1.40. The summed E-state index contributed by atoms with van der Waals surface area (Å²) in [6, 6.07) is 4.34. The Labute approximate surface area is 78.8 Å². The number of rotatable bonds is 1. The number of nitrogens with zero attached hydrogens (tertiary/aromatic N) is 1. The third-order valence-corrected chi connectivity index (χ3v) is 2.05. The molecule has 0 amide bonds. The van der Waals surface area contributed by atoms with Crippen molar-refractivity contribution in [2.45, 2.75) is 0 Å². The zero-order valence-electron chi connectivity index (χ0n) is 7.16. The van der Waals surface area contributed by atoms with Gasteiger partial charge in [0.25, 0.3) is 0 Å². The van der Waals surface area contributed by atoms with Crippen LogP contribution >= 0.6 is 0 Å². The molecule has 5 heteroatoms. The van der Waals surface area contributed by atoms with Crippen LogP contribution in [-0.4, -0.2) is 16.0 Å². The third-order valence-electron chi connectivity index (χ3n) is 2.05. The Balaban J connectivity index is 2.79. The first-order valence-electron chi connectivity index (χ1n) is 3.97. The molecule has 0 fully saturated rings. The Morgan fingerprint density at radius 2 is 2.21 bits per heavy atom. The van der Waals surface area contributed by atoms with Crippen LogP contribution < -0.4 is 5.73 Å². The van der Waals surface area contributed by atoms with E-state index in [0.29, 0.717) is 16.5 Å². The van der Waals surface area contributed by atoms with Crippen LogP contribution in [0.3, 0.4) is 0 Å². The number of halogens is 1. The Kier molecular flexibility index (Phi) is 1.85. The van der Waals surface area contributed by atoms with Crippen LogP contribution in [0.15, 0.2) is 29.6 Å². The number of hydrogen-bond donors (Lipinski definition) is 3. The first kappa shape index (κ1) is 8.55. The van der Waals surface area contributed by atoms with Crippen molar-refractivity contribution in [3.05, 3.63) is 35.8 Å². The van der Waals surface area contributed by atoms with Gasteiger partial charge < -0.3 is 15.9 Å². The van der Waals surface area contributed by atoms with E-state index < -0.39 is 0 Å². The van der Waals surface area contributed by atoms with Crippen LogP contribution in [0.25, 0.3) is 10.9 Å². The average Bonchev–Trinajstić information content (AvgIpc) is 2.67. The van der Waals surface area contributed by atoms with Gasteiger partial charge in [0.05, 0.1) is 5.52 Å². The molecule has 0 saturated heterocycles. The largest absolute Gasteiger partial charge is 0.409 e. The summed E-state index contributed by atoms with van der Waals surface area (Å²) in [5.74, 6) is -0.381. The first-order valence-corrected chi connectivity index (χ1v) is 3.97. The number of fused-ring (bicyclic) bond motifs is 1. The van der Waals surface area contributed by atoms with E-state index in [2.05, 4.69) is 10.1 Å². The van der Waals surface area contributed by atoms with E-state index in [9.17, 15) is 4.39 Å². The van der Waals surface area contributed by atoms with Crippen molar-refractivity contribution in [2.24, 2.45) is 10.9 Å². The molecule has 1 aromatic heterocycles. The van der Waals surface area contributed by atoms with Gasteiger partial charge >= 0.3 is 0 Å². The zero-order valence-corrected chi connectivity index (χ0v) is 7.16. The topological polar surface area (TPSA) is 74.4 Å². The second-order valence-corrected chi connectivity index (χ2v) is 2.85. The van der Waals surface area contributed by atoms with Gasteiger partial charge in [-0.3, -0.25) is 0 Å². The van der Waals surface area contributed by atoms with Crippen molar-refractivity contribution < 1.29 is 9.60 Å². The number of amidine groups is 1. The molecule has 0 atom stereocenters. The van der Waals surface area contributed by atoms with Gasteiger partial charge in [0.2, 0.25) is 0 Å². The summed E-state index contributed by atoms with van der Waals surface area (Å²) in [7, 11) is 0. The van der Waals surface area contributed by atoms with Gasteiger partial charge in [-0.1, -0.05) is 5.16 Å². The fourth-order valence-electron chi connectivity index (χ4n) is 1.39. The molecule has 4 N–H and O–H groups in total. The van der Waals surface area contributed by atoms with E-state index in [4.69, 9.17) is 10.9 Å². The minimum absolute atomic E-state index is 0.0440. The highest BCUT2D eigenvalue weighted by atomic mass is 19.1. The van der Waals surface area contributed by atoms with Gasteiger partial charge in [0, 0.05) is 17.1 Å². The maximum absolute atomic E-state index is 13.2. The molecule has 2 rings (SSSR count). The molecule has 1 heterocycles. The summed E-state index contributed by atoms with van der Waals surface area (Å²) in [5, 5.41) is 11.8. The number of benzene rings is 1. The number of nitrogens with two attached hydrogens (primary N) is 1. The fourth-order valence-corrected chi connectivity index (χ4v) is 1.39. The van der Waals surface area contributed by atoms with Crippen molar-refractivity contribution in [2.75, 3.05) is 0 Å². The number of aromatic nitrogens is 1. The number of nitrogens with one attached hydrogen (secondary N) is 1. The molecule has 0 radical (unpaired) electrons. The summed E-state index contributed by atoms with van der Waals surface area (Å²) in [5.41, 5.74) is 6.44. The van der Waals surface area contributed by atoms with Crippen LogP contribution in [-0.2, 0) is 0 Å². The number of H-pyrrole nitrogens is 1. The zero-order chi connectivity index (χ0) is 10.1. The average molecular weight is 193 g/mol. The molecular formula is C9H8FN3O. The van der Waals surface area contributed by atoms with E-state index in [1.807, 2.05) is 0 Å². The maximum atomic E-state index is 13.2. The van der Waals surface area contributed by atoms with Crippen LogP contribution in [0.1, 0.15) is 5.56 Å². The summed E-state index contributed by atoms with van der Waals surface area (Å²) < 4.78 is 13.2. The lowest BCUT2D eigenvalue weighted by Gasteiger charge is -2.01. The molecule has 14 heavy (non-hydrogen) atoms. The highest BCUT2D eigenvalue weighted by Crippen LogP contribution is 2.20. The number of oxime groups is 1. The lowest BCUT2D eigenvalue weighted by atomic mass is 10.1. The van der Waals surface area contributed by atoms with Crippen LogP contribution in [0.5, 0.6) is 0 Å². The smallest absolute Gasteiger partial charge is 0.172 e. The second kappa shape index (κ2) is 3.02. The SMILES string of the molecule is N/C(=N\O)c1ccc(F)c2cc[nH]c12. The monoisotopic (exact) mass is 193 g/mol. The van der Waals surface area contributed by atoms with Crippen LogP contribution in [0.4, 0.5) is 4.39 Å². The Morgan fingerprint density at radius 1 is 1.43 bits per heavy atom. The molecule has 0 spiro atoms. The van der Waals surface area contributed by atoms with Gasteiger partial charge in [-0.05, 0) is 18.2 Å². The van der Waals surface area contributed by atoms with E-state index >= 15 is 0 Å². The molecule has 0 aliphatic heterocycles. The van der Waals surface area contributed by atoms with E-state index in [1.165, 1.54) is 12.1 Å². The molecule has 0 aliphatic rings. The normalized spacial score (nSPS) is 12.2. The van der Waals surface area contributed by atoms with E-state index in [1.54, 1.807) is 12.3 Å². The number of hydrogen-bond acceptors (Lipinski definition) is 2. The minimum Gasteiger partial charge on any atom is -0.409 e. The molecular weight excluding hydrogens is 185 g/mol. The fraction of sp³-hybridized carbons (Fsp3) is 0. The first-order chi connectivity index (χ1) is 6.74. The quantitative estimate of drug-likeness (QED) is 0.277. The van der Waals surface area contributed by atoms with Gasteiger partial charge in [0.1, 0.15) is 5.82 Å². The Morgan fingerprint density at radius 3 is 2.93 bits per heavy atom. The van der Waals surface area contributed by atoms with Gasteiger partial charge in [0.15, 0.2) is 5.84 Å². The van der Waals surface area contributed by atoms with Crippen molar-refractivity contribution in [1.29, 1.82) is 0 Å². The van der Waals surface area contributed by atoms with Gasteiger partial charge in [-0.15, -0.1) is 0 Å². The Hall–Kier alpha value is -2.04. The van der Waals surface area contributed by atoms with Gasteiger partial charge in [-0.2, -0.15) is 0 Å². The summed E-state index contributed by atoms with van der Waals surface area (Å²) >= 11 is 0. The lowest BCUT2D eigenvalue weighted by molar-refractivity contribution is 0.318. The summed E-state index contributed by atoms with van der Waals surface area (Å²) in [6.07, 6.45) is 1.60. The van der Waals surface area contributed by atoms with Crippen LogP contribution in [0, 0.1) is 5.82 Å². The molecule has 0 unspecified atom stereocenters. The van der Waals surface area contributed by atoms with Gasteiger partial charge in [-0.25, -0.2) is 4.39 Å². The summed E-state index contributed by atoms with van der Waals surface area (Å²) in [6.45, 7) is 0. The van der Waals surface area contributed by atoms with E-state index in [-0.39, 0.29) is 11.7 Å². The Bertz CT molecular complexity index is 504. The van der Waals surface area contributed by atoms with Crippen molar-refractivity contribution >= 4 is 16.7 Å². The molecule has 0 aliphatic carbocycles. The number of aromatic amines is 1. The standard InChI is InChI=1S/C9H8FN3O/c10-7-2-1-6(9(11)13-14)8-5(7)3-4-12-8/h1-4,12,14H,(H2,11,13). The third kappa shape index (κ3) is 1.10. The molecule has 72 valence electrons. The minimum atomic E-state index is -0.337. The predicted molar refractivity (Wildman–Crippen MR) is 50.8 cm³/mol. The second-order valence-electron chi connectivity index (χ2n) is 2.85. The molecule has 2 aromatic rings. The highest BCUT2D eigenvalue weighted by molar-refractivity contribution is 6.07. The molecule has 4 nitrogen and oxygen atoms in total. The molecule has 0 saturated carbocycles.